The molecule has 0 aliphatic heterocycles. The predicted molar refractivity (Wildman–Crippen MR) is 78.4 cm³/mol. The van der Waals surface area contributed by atoms with E-state index in [0.29, 0.717) is 23.9 Å². The number of anilines is 1. The van der Waals surface area contributed by atoms with E-state index < -0.39 is 0 Å². The SMILES string of the molecule is COc1ccc(OCCNc2c(F)cccc2Cl)cc1. The van der Waals surface area contributed by atoms with Gasteiger partial charge in [0.2, 0.25) is 0 Å². The smallest absolute Gasteiger partial charge is 0.147 e. The van der Waals surface area contributed by atoms with Crippen molar-refractivity contribution in [2.24, 2.45) is 0 Å². The van der Waals surface area contributed by atoms with Crippen LogP contribution in [-0.4, -0.2) is 20.3 Å². The van der Waals surface area contributed by atoms with Crippen LogP contribution in [0.15, 0.2) is 42.5 Å². The van der Waals surface area contributed by atoms with Gasteiger partial charge in [-0.1, -0.05) is 17.7 Å². The van der Waals surface area contributed by atoms with E-state index in [4.69, 9.17) is 21.1 Å². The van der Waals surface area contributed by atoms with Gasteiger partial charge in [-0.15, -0.1) is 0 Å². The highest BCUT2D eigenvalue weighted by Crippen LogP contribution is 2.24. The molecule has 0 bridgehead atoms. The fourth-order valence-electron chi connectivity index (χ4n) is 1.68. The summed E-state index contributed by atoms with van der Waals surface area (Å²) in [5, 5.41) is 3.27. The maximum atomic E-state index is 13.5. The van der Waals surface area contributed by atoms with Crippen molar-refractivity contribution >= 4 is 17.3 Å². The number of methoxy groups -OCH3 is 1. The highest BCUT2D eigenvalue weighted by molar-refractivity contribution is 6.33. The highest BCUT2D eigenvalue weighted by atomic mass is 35.5. The summed E-state index contributed by atoms with van der Waals surface area (Å²) in [6.07, 6.45) is 0. The lowest BCUT2D eigenvalue weighted by Crippen LogP contribution is -2.12. The van der Waals surface area contributed by atoms with Gasteiger partial charge in [-0.2, -0.15) is 0 Å². The Balaban J connectivity index is 1.81. The minimum atomic E-state index is -0.373. The molecule has 0 spiro atoms. The minimum absolute atomic E-state index is 0.299. The molecule has 0 radical (unpaired) electrons. The summed E-state index contributed by atoms with van der Waals surface area (Å²) in [4.78, 5) is 0. The van der Waals surface area contributed by atoms with Crippen LogP contribution < -0.4 is 14.8 Å². The molecule has 0 unspecified atom stereocenters. The summed E-state index contributed by atoms with van der Waals surface area (Å²) in [6.45, 7) is 0.851. The lowest BCUT2D eigenvalue weighted by atomic mass is 10.3. The Bertz CT molecular complexity index is 540. The van der Waals surface area contributed by atoms with Crippen molar-refractivity contribution in [3.05, 3.63) is 53.3 Å². The summed E-state index contributed by atoms with van der Waals surface area (Å²) in [7, 11) is 1.61. The van der Waals surface area contributed by atoms with Crippen molar-refractivity contribution in [1.82, 2.24) is 0 Å². The monoisotopic (exact) mass is 295 g/mol. The molecule has 2 aromatic carbocycles. The Morgan fingerprint density at radius 2 is 1.80 bits per heavy atom. The summed E-state index contributed by atoms with van der Waals surface area (Å²) >= 11 is 5.90. The zero-order valence-electron chi connectivity index (χ0n) is 11.0. The van der Waals surface area contributed by atoms with Gasteiger partial charge in [-0.25, -0.2) is 4.39 Å². The third-order valence-electron chi connectivity index (χ3n) is 2.69. The Morgan fingerprint density at radius 3 is 2.45 bits per heavy atom. The van der Waals surface area contributed by atoms with Crippen molar-refractivity contribution in [2.75, 3.05) is 25.6 Å². The van der Waals surface area contributed by atoms with Crippen molar-refractivity contribution in [2.45, 2.75) is 0 Å². The van der Waals surface area contributed by atoms with Gasteiger partial charge >= 0.3 is 0 Å². The number of rotatable bonds is 6. The molecular formula is C15H15ClFNO2. The average Bonchev–Trinajstić information content (AvgIpc) is 2.46. The minimum Gasteiger partial charge on any atom is -0.497 e. The Morgan fingerprint density at radius 1 is 1.10 bits per heavy atom. The van der Waals surface area contributed by atoms with Crippen molar-refractivity contribution < 1.29 is 13.9 Å². The van der Waals surface area contributed by atoms with Crippen LogP contribution in [0, 0.1) is 5.82 Å². The molecule has 0 aliphatic rings. The van der Waals surface area contributed by atoms with Crippen LogP contribution in [0.2, 0.25) is 5.02 Å². The van der Waals surface area contributed by atoms with Crippen LogP contribution in [0.1, 0.15) is 0 Å². The second-order valence-electron chi connectivity index (χ2n) is 4.05. The second kappa shape index (κ2) is 7.01. The molecule has 3 nitrogen and oxygen atoms in total. The van der Waals surface area contributed by atoms with Crippen molar-refractivity contribution in [3.8, 4) is 11.5 Å². The van der Waals surface area contributed by atoms with E-state index in [2.05, 4.69) is 5.32 Å². The lowest BCUT2D eigenvalue weighted by molar-refractivity contribution is 0.331. The lowest BCUT2D eigenvalue weighted by Gasteiger charge is -2.10. The highest BCUT2D eigenvalue weighted by Gasteiger charge is 2.05. The Kier molecular flexibility index (Phi) is 5.07. The van der Waals surface area contributed by atoms with Crippen LogP contribution in [0.3, 0.4) is 0 Å². The molecule has 0 aliphatic carbocycles. The number of hydrogen-bond acceptors (Lipinski definition) is 3. The first-order valence-electron chi connectivity index (χ1n) is 6.15. The zero-order chi connectivity index (χ0) is 14.4. The third-order valence-corrected chi connectivity index (χ3v) is 3.01. The molecule has 0 aromatic heterocycles. The first kappa shape index (κ1) is 14.5. The van der Waals surface area contributed by atoms with Gasteiger partial charge < -0.3 is 14.8 Å². The first-order valence-corrected chi connectivity index (χ1v) is 6.53. The number of nitrogens with one attached hydrogen (secondary N) is 1. The number of benzene rings is 2. The average molecular weight is 296 g/mol. The van der Waals surface area contributed by atoms with Crippen LogP contribution in [0.25, 0.3) is 0 Å². The van der Waals surface area contributed by atoms with Gasteiger partial charge in [0.05, 0.1) is 17.8 Å². The van der Waals surface area contributed by atoms with Crippen molar-refractivity contribution in [3.63, 3.8) is 0 Å². The molecule has 0 fully saturated rings. The number of halogens is 2. The van der Waals surface area contributed by atoms with Gasteiger partial charge in [0.25, 0.3) is 0 Å². The Labute approximate surface area is 122 Å². The van der Waals surface area contributed by atoms with Gasteiger partial charge in [0.1, 0.15) is 23.9 Å². The zero-order valence-corrected chi connectivity index (χ0v) is 11.8. The van der Waals surface area contributed by atoms with E-state index in [0.717, 1.165) is 11.5 Å². The molecule has 1 N–H and O–H groups in total. The largest absolute Gasteiger partial charge is 0.497 e. The van der Waals surface area contributed by atoms with Gasteiger partial charge in [0, 0.05) is 6.54 Å². The maximum Gasteiger partial charge on any atom is 0.147 e. The normalized spacial score (nSPS) is 10.2. The molecule has 5 heteroatoms. The van der Waals surface area contributed by atoms with Crippen LogP contribution in [-0.2, 0) is 0 Å². The van der Waals surface area contributed by atoms with Gasteiger partial charge in [-0.05, 0) is 36.4 Å². The summed E-state index contributed by atoms with van der Waals surface area (Å²) in [6, 6.07) is 11.8. The molecule has 20 heavy (non-hydrogen) atoms. The third kappa shape index (κ3) is 3.78. The summed E-state index contributed by atoms with van der Waals surface area (Å²) < 4.78 is 24.1. The van der Waals surface area contributed by atoms with E-state index >= 15 is 0 Å². The maximum absolute atomic E-state index is 13.5. The second-order valence-corrected chi connectivity index (χ2v) is 4.45. The van der Waals surface area contributed by atoms with Gasteiger partial charge in [0.15, 0.2) is 0 Å². The molecular weight excluding hydrogens is 281 g/mol. The van der Waals surface area contributed by atoms with Crippen LogP contribution in [0.5, 0.6) is 11.5 Å². The van der Waals surface area contributed by atoms with E-state index in [1.165, 1.54) is 6.07 Å². The quantitative estimate of drug-likeness (QED) is 0.818. The van der Waals surface area contributed by atoms with Crippen LogP contribution in [0.4, 0.5) is 10.1 Å². The van der Waals surface area contributed by atoms with Crippen LogP contribution >= 0.6 is 11.6 Å². The van der Waals surface area contributed by atoms with Gasteiger partial charge in [-0.3, -0.25) is 0 Å². The molecule has 0 amide bonds. The van der Waals surface area contributed by atoms with E-state index in [9.17, 15) is 4.39 Å². The van der Waals surface area contributed by atoms with E-state index in [1.54, 1.807) is 19.2 Å². The first-order chi connectivity index (χ1) is 9.70. The molecule has 0 saturated carbocycles. The molecule has 0 saturated heterocycles. The fraction of sp³-hybridized carbons (Fsp3) is 0.200. The molecule has 0 atom stereocenters. The summed E-state index contributed by atoms with van der Waals surface area (Å²) in [5.74, 6) is 1.13. The topological polar surface area (TPSA) is 30.5 Å². The number of hydrogen-bond donors (Lipinski definition) is 1. The van der Waals surface area contributed by atoms with E-state index in [-0.39, 0.29) is 5.82 Å². The molecule has 0 heterocycles. The number of para-hydroxylation sites is 1. The standard InChI is InChI=1S/C15H15ClFNO2/c1-19-11-5-7-12(8-6-11)20-10-9-18-15-13(16)3-2-4-14(15)17/h2-8,18H,9-10H2,1H3. The predicted octanol–water partition coefficient (Wildman–Crippen LogP) is 3.98. The molecule has 106 valence electrons. The van der Waals surface area contributed by atoms with E-state index in [1.807, 2.05) is 24.3 Å². The summed E-state index contributed by atoms with van der Waals surface area (Å²) in [5.41, 5.74) is 0.299. The molecule has 2 aromatic rings. The van der Waals surface area contributed by atoms with Crippen molar-refractivity contribution in [1.29, 1.82) is 0 Å². The Hall–Kier alpha value is -1.94. The number of ether oxygens (including phenoxy) is 2. The molecule has 2 rings (SSSR count). The fourth-order valence-corrected chi connectivity index (χ4v) is 1.91.